The van der Waals surface area contributed by atoms with Crippen LogP contribution in [0.2, 0.25) is 0 Å². The summed E-state index contributed by atoms with van der Waals surface area (Å²) < 4.78 is 6.27. The van der Waals surface area contributed by atoms with Crippen LogP contribution in [0.5, 0.6) is 0 Å². The number of fused-ring (bicyclic) bond motifs is 5. The minimum atomic E-state index is -0.200. The fourth-order valence-corrected chi connectivity index (χ4v) is 11.6. The molecule has 3 nitrogen and oxygen atoms in total. The van der Waals surface area contributed by atoms with Crippen LogP contribution >= 0.6 is 0 Å². The number of Topliss-reactive ketones (excluding diaryl/α,β-unsaturated/α-hetero) is 1. The van der Waals surface area contributed by atoms with Gasteiger partial charge in [0.25, 0.3) is 0 Å². The summed E-state index contributed by atoms with van der Waals surface area (Å²) in [5.41, 5.74) is 0.494. The van der Waals surface area contributed by atoms with E-state index in [1.165, 1.54) is 32.1 Å². The van der Waals surface area contributed by atoms with Gasteiger partial charge < -0.3 is 4.74 Å². The van der Waals surface area contributed by atoms with Crippen molar-refractivity contribution in [3.8, 4) is 0 Å². The molecular weight excluding hydrogens is 408 g/mol. The van der Waals surface area contributed by atoms with Crippen LogP contribution in [0.25, 0.3) is 0 Å². The predicted octanol–water partition coefficient (Wildman–Crippen LogP) is 6.97. The highest BCUT2D eigenvalue weighted by molar-refractivity contribution is 5.85. The van der Waals surface area contributed by atoms with E-state index in [0.717, 1.165) is 32.1 Å². The highest BCUT2D eigenvalue weighted by Crippen LogP contribution is 2.77. The molecule has 0 aromatic carbocycles. The normalized spacial score (nSPS) is 56.2. The van der Waals surface area contributed by atoms with Crippen molar-refractivity contribution in [3.05, 3.63) is 0 Å². The van der Waals surface area contributed by atoms with Crippen LogP contribution in [0, 0.1) is 56.2 Å². The second kappa shape index (κ2) is 6.28. The van der Waals surface area contributed by atoms with Gasteiger partial charge in [0, 0.05) is 23.2 Å². The zero-order valence-electron chi connectivity index (χ0n) is 22.2. The molecule has 0 aromatic rings. The molecule has 6 unspecified atom stereocenters. The number of carbonyl (C=O) groups excluding carboxylic acids is 2. The first-order valence-electron chi connectivity index (χ1n) is 14.0. The first kappa shape index (κ1) is 22.6. The number of ether oxygens (including phenoxy) is 1. The van der Waals surface area contributed by atoms with Crippen LogP contribution in [-0.2, 0) is 14.3 Å². The number of carbonyl (C=O) groups is 2. The first-order valence-corrected chi connectivity index (χ1v) is 14.0. The molecule has 0 radical (unpaired) electrons. The SMILES string of the molecule is CC1(C)CCC23CC[C@]4(C)C(CCC5[C@@]6(C)CCC(=O)C(C)(C)C6CC[C@]54C)C2C1OC3=O. The van der Waals surface area contributed by atoms with Crippen LogP contribution < -0.4 is 0 Å². The lowest BCUT2D eigenvalue weighted by Gasteiger charge is -2.72. The summed E-state index contributed by atoms with van der Waals surface area (Å²) >= 11 is 0. The molecule has 0 N–H and O–H groups in total. The molecule has 0 amide bonds. The van der Waals surface area contributed by atoms with E-state index < -0.39 is 0 Å². The summed E-state index contributed by atoms with van der Waals surface area (Å²) in [7, 11) is 0. The molecule has 1 aliphatic heterocycles. The molecule has 5 aliphatic carbocycles. The Morgan fingerprint density at radius 3 is 2.15 bits per heavy atom. The maximum Gasteiger partial charge on any atom is 0.312 e. The maximum absolute atomic E-state index is 13.3. The van der Waals surface area contributed by atoms with E-state index in [0.29, 0.717) is 29.5 Å². The zero-order valence-corrected chi connectivity index (χ0v) is 22.2. The Morgan fingerprint density at radius 2 is 1.42 bits per heavy atom. The van der Waals surface area contributed by atoms with E-state index in [-0.39, 0.29) is 44.6 Å². The van der Waals surface area contributed by atoms with Crippen molar-refractivity contribution in [2.24, 2.45) is 56.2 Å². The monoisotopic (exact) mass is 454 g/mol. The van der Waals surface area contributed by atoms with Gasteiger partial charge >= 0.3 is 5.97 Å². The van der Waals surface area contributed by atoms with Crippen LogP contribution in [0.4, 0.5) is 0 Å². The third kappa shape index (κ3) is 2.39. The van der Waals surface area contributed by atoms with Gasteiger partial charge in [-0.25, -0.2) is 0 Å². The highest BCUT2D eigenvalue weighted by atomic mass is 16.6. The lowest BCUT2D eigenvalue weighted by atomic mass is 9.31. The molecule has 6 aliphatic rings. The molecular formula is C30H46O3. The maximum atomic E-state index is 13.3. The third-order valence-corrected chi connectivity index (χ3v) is 13.8. The predicted molar refractivity (Wildman–Crippen MR) is 129 cm³/mol. The fraction of sp³-hybridized carbons (Fsp3) is 0.933. The summed E-state index contributed by atoms with van der Waals surface area (Å²) in [5.74, 6) is 2.80. The van der Waals surface area contributed by atoms with Crippen molar-refractivity contribution >= 4 is 11.8 Å². The summed E-state index contributed by atoms with van der Waals surface area (Å²) in [6.07, 6.45) is 11.2. The minimum Gasteiger partial charge on any atom is -0.461 e. The van der Waals surface area contributed by atoms with Crippen LogP contribution in [0.1, 0.15) is 113 Å². The van der Waals surface area contributed by atoms with Crippen molar-refractivity contribution in [1.29, 1.82) is 0 Å². The summed E-state index contributed by atoms with van der Waals surface area (Å²) in [6.45, 7) is 17.0. The van der Waals surface area contributed by atoms with Gasteiger partial charge in [-0.3, -0.25) is 9.59 Å². The highest BCUT2D eigenvalue weighted by Gasteiger charge is 2.75. The standard InChI is InChI=1S/C30H46O3/c1-25(2)14-16-30-17-15-28(6)18(22(30)23(25)33-24(30)32)8-9-20-27(5)12-11-21(31)26(3,4)19(27)10-13-29(20,28)7/h18-20,22-23H,8-17H2,1-7H3/t18?,19?,20?,22?,23?,27-,28+,29+,30?/m0/s1. The molecule has 0 spiro atoms. The molecule has 0 aromatic heterocycles. The van der Waals surface area contributed by atoms with Crippen LogP contribution in [-0.4, -0.2) is 17.9 Å². The van der Waals surface area contributed by atoms with Crippen molar-refractivity contribution in [2.45, 2.75) is 119 Å². The largest absolute Gasteiger partial charge is 0.461 e. The van der Waals surface area contributed by atoms with Gasteiger partial charge in [-0.2, -0.15) is 0 Å². The lowest BCUT2D eigenvalue weighted by molar-refractivity contribution is -0.239. The zero-order chi connectivity index (χ0) is 23.8. The average molecular weight is 455 g/mol. The number of hydrogen-bond acceptors (Lipinski definition) is 3. The number of rotatable bonds is 0. The topological polar surface area (TPSA) is 43.4 Å². The van der Waals surface area contributed by atoms with Crippen molar-refractivity contribution in [1.82, 2.24) is 0 Å². The van der Waals surface area contributed by atoms with E-state index in [4.69, 9.17) is 4.74 Å². The molecule has 2 bridgehead atoms. The molecule has 6 rings (SSSR count). The summed E-state index contributed by atoms with van der Waals surface area (Å²) in [5, 5.41) is 0. The molecule has 33 heavy (non-hydrogen) atoms. The Morgan fingerprint density at radius 1 is 0.727 bits per heavy atom. The fourth-order valence-electron chi connectivity index (χ4n) is 11.6. The van der Waals surface area contributed by atoms with Crippen molar-refractivity contribution < 1.29 is 14.3 Å². The van der Waals surface area contributed by atoms with Gasteiger partial charge in [-0.05, 0) is 91.8 Å². The third-order valence-electron chi connectivity index (χ3n) is 13.8. The van der Waals surface area contributed by atoms with Gasteiger partial charge in [0.2, 0.25) is 0 Å². The Hall–Kier alpha value is -0.860. The second-order valence-electron chi connectivity index (χ2n) is 15.3. The van der Waals surface area contributed by atoms with Crippen molar-refractivity contribution in [3.63, 3.8) is 0 Å². The van der Waals surface area contributed by atoms with Crippen molar-refractivity contribution in [2.75, 3.05) is 0 Å². The molecule has 3 heteroatoms. The van der Waals surface area contributed by atoms with E-state index in [1.54, 1.807) is 0 Å². The Kier molecular flexibility index (Phi) is 4.30. The Bertz CT molecular complexity index is 918. The smallest absolute Gasteiger partial charge is 0.312 e. The van der Waals surface area contributed by atoms with E-state index in [9.17, 15) is 9.59 Å². The lowest BCUT2D eigenvalue weighted by Crippen LogP contribution is -2.67. The van der Waals surface area contributed by atoms with Crippen LogP contribution in [0.15, 0.2) is 0 Å². The van der Waals surface area contributed by atoms with E-state index in [1.807, 2.05) is 0 Å². The minimum absolute atomic E-state index is 0.0910. The average Bonchev–Trinajstić information content (AvgIpc) is 2.99. The Balaban J connectivity index is 1.42. The first-order chi connectivity index (χ1) is 15.2. The van der Waals surface area contributed by atoms with Gasteiger partial charge in [-0.15, -0.1) is 0 Å². The summed E-state index contributed by atoms with van der Waals surface area (Å²) in [6, 6.07) is 0. The quantitative estimate of drug-likeness (QED) is 0.371. The Labute approximate surface area is 201 Å². The summed E-state index contributed by atoms with van der Waals surface area (Å²) in [4.78, 5) is 26.3. The number of esters is 1. The van der Waals surface area contributed by atoms with Gasteiger partial charge in [0.15, 0.2) is 0 Å². The van der Waals surface area contributed by atoms with Gasteiger partial charge in [-0.1, -0.05) is 48.5 Å². The van der Waals surface area contributed by atoms with Crippen LogP contribution in [0.3, 0.4) is 0 Å². The molecule has 5 saturated carbocycles. The number of hydrogen-bond donors (Lipinski definition) is 0. The molecule has 6 fully saturated rings. The molecule has 184 valence electrons. The molecule has 1 heterocycles. The molecule has 9 atom stereocenters. The second-order valence-corrected chi connectivity index (χ2v) is 15.3. The van der Waals surface area contributed by atoms with E-state index in [2.05, 4.69) is 48.5 Å². The molecule has 1 saturated heterocycles. The van der Waals surface area contributed by atoms with Gasteiger partial charge in [0.05, 0.1) is 5.41 Å². The van der Waals surface area contributed by atoms with E-state index >= 15 is 0 Å². The van der Waals surface area contributed by atoms with Gasteiger partial charge in [0.1, 0.15) is 11.9 Å². The number of ketones is 1.